The summed E-state index contributed by atoms with van der Waals surface area (Å²) >= 11 is 1.46. The van der Waals surface area contributed by atoms with E-state index in [-0.39, 0.29) is 0 Å². The third kappa shape index (κ3) is 3.24. The molecule has 0 aliphatic carbocycles. The van der Waals surface area contributed by atoms with Crippen molar-refractivity contribution in [3.8, 4) is 0 Å². The number of hydrogen-bond acceptors (Lipinski definition) is 5. The van der Waals surface area contributed by atoms with Gasteiger partial charge in [0, 0.05) is 14.2 Å². The van der Waals surface area contributed by atoms with Gasteiger partial charge in [-0.25, -0.2) is 4.98 Å². The van der Waals surface area contributed by atoms with Gasteiger partial charge < -0.3 is 14.6 Å². The Labute approximate surface area is 93.9 Å². The second-order valence-corrected chi connectivity index (χ2v) is 4.89. The lowest BCUT2D eigenvalue weighted by molar-refractivity contribution is 0.0782. The first-order valence-electron chi connectivity index (χ1n) is 4.68. The summed E-state index contributed by atoms with van der Waals surface area (Å²) in [6.07, 6.45) is 0. The van der Waals surface area contributed by atoms with Crippen LogP contribution in [0.4, 0.5) is 0 Å². The molecule has 15 heavy (non-hydrogen) atoms. The van der Waals surface area contributed by atoms with Crippen molar-refractivity contribution in [1.29, 1.82) is 0 Å². The van der Waals surface area contributed by atoms with E-state index in [4.69, 9.17) is 9.47 Å². The number of aromatic nitrogens is 1. The van der Waals surface area contributed by atoms with Crippen LogP contribution in [-0.2, 0) is 28.3 Å². The number of methoxy groups -OCH3 is 2. The number of hydrogen-bond donors (Lipinski definition) is 1. The highest BCUT2D eigenvalue weighted by Gasteiger charge is 2.24. The lowest BCUT2D eigenvalue weighted by atomic mass is 10.1. The van der Waals surface area contributed by atoms with Crippen LogP contribution in [0.3, 0.4) is 0 Å². The standard InChI is InChI=1S/C10H17NO3S/c1-10(2,12)9-7(5-13-3)11-8(15-9)6-14-4/h12H,5-6H2,1-4H3. The average molecular weight is 231 g/mol. The molecular weight excluding hydrogens is 214 g/mol. The van der Waals surface area contributed by atoms with Gasteiger partial charge in [-0.2, -0.15) is 0 Å². The molecule has 0 spiro atoms. The zero-order chi connectivity index (χ0) is 11.5. The molecule has 86 valence electrons. The van der Waals surface area contributed by atoms with E-state index in [1.807, 2.05) is 0 Å². The van der Waals surface area contributed by atoms with Crippen LogP contribution >= 0.6 is 11.3 Å². The number of aliphatic hydroxyl groups is 1. The fraction of sp³-hybridized carbons (Fsp3) is 0.700. The van der Waals surface area contributed by atoms with E-state index >= 15 is 0 Å². The van der Waals surface area contributed by atoms with Gasteiger partial charge in [-0.15, -0.1) is 11.3 Å². The molecule has 1 aromatic heterocycles. The maximum Gasteiger partial charge on any atom is 0.119 e. The fourth-order valence-corrected chi connectivity index (χ4v) is 2.34. The Bertz CT molecular complexity index is 317. The molecule has 0 bridgehead atoms. The number of ether oxygens (including phenoxy) is 2. The molecule has 1 rings (SSSR count). The second-order valence-electron chi connectivity index (χ2n) is 3.81. The normalized spacial score (nSPS) is 12.1. The number of thiazole rings is 1. The molecule has 0 radical (unpaired) electrons. The van der Waals surface area contributed by atoms with Crippen molar-refractivity contribution in [2.75, 3.05) is 14.2 Å². The molecule has 1 aromatic rings. The summed E-state index contributed by atoms with van der Waals surface area (Å²) in [5.74, 6) is 0. The Morgan fingerprint density at radius 2 is 1.87 bits per heavy atom. The quantitative estimate of drug-likeness (QED) is 0.837. The van der Waals surface area contributed by atoms with Gasteiger partial charge in [0.2, 0.25) is 0 Å². The molecular formula is C10H17NO3S. The van der Waals surface area contributed by atoms with Crippen LogP contribution in [0.25, 0.3) is 0 Å². The molecule has 0 fully saturated rings. The van der Waals surface area contributed by atoms with E-state index in [2.05, 4.69) is 4.98 Å². The van der Waals surface area contributed by atoms with Gasteiger partial charge in [-0.3, -0.25) is 0 Å². The van der Waals surface area contributed by atoms with Crippen LogP contribution in [0.1, 0.15) is 29.4 Å². The third-order valence-corrected chi connectivity index (χ3v) is 3.23. The summed E-state index contributed by atoms with van der Waals surface area (Å²) in [5, 5.41) is 10.8. The van der Waals surface area contributed by atoms with Gasteiger partial charge in [-0.1, -0.05) is 0 Å². The van der Waals surface area contributed by atoms with Crippen molar-refractivity contribution in [3.63, 3.8) is 0 Å². The van der Waals surface area contributed by atoms with Crippen molar-refractivity contribution in [1.82, 2.24) is 4.98 Å². The van der Waals surface area contributed by atoms with Crippen LogP contribution < -0.4 is 0 Å². The van der Waals surface area contributed by atoms with E-state index in [0.29, 0.717) is 13.2 Å². The first kappa shape index (κ1) is 12.6. The molecule has 1 N–H and O–H groups in total. The van der Waals surface area contributed by atoms with E-state index < -0.39 is 5.60 Å². The lowest BCUT2D eigenvalue weighted by Gasteiger charge is -2.16. The predicted octanol–water partition coefficient (Wildman–Crippen LogP) is 1.66. The third-order valence-electron chi connectivity index (χ3n) is 1.85. The van der Waals surface area contributed by atoms with Crippen LogP contribution in [0.15, 0.2) is 0 Å². The van der Waals surface area contributed by atoms with Gasteiger partial charge in [0.15, 0.2) is 0 Å². The summed E-state index contributed by atoms with van der Waals surface area (Å²) in [4.78, 5) is 5.21. The molecule has 0 amide bonds. The molecule has 0 saturated carbocycles. The second kappa shape index (κ2) is 5.03. The Hall–Kier alpha value is -0.490. The number of nitrogens with zero attached hydrogens (tertiary/aromatic N) is 1. The SMILES string of the molecule is COCc1nc(COC)c(C(C)(C)O)s1. The minimum absolute atomic E-state index is 0.416. The summed E-state index contributed by atoms with van der Waals surface area (Å²) in [7, 11) is 3.24. The Balaban J connectivity index is 3.00. The minimum atomic E-state index is -0.877. The highest BCUT2D eigenvalue weighted by atomic mass is 32.1. The summed E-state index contributed by atoms with van der Waals surface area (Å²) < 4.78 is 10.1. The van der Waals surface area contributed by atoms with Crippen molar-refractivity contribution >= 4 is 11.3 Å². The Kier molecular flexibility index (Phi) is 4.21. The zero-order valence-electron chi connectivity index (χ0n) is 9.53. The Morgan fingerprint density at radius 3 is 2.33 bits per heavy atom. The zero-order valence-corrected chi connectivity index (χ0v) is 10.3. The van der Waals surface area contributed by atoms with E-state index in [0.717, 1.165) is 15.6 Å². The van der Waals surface area contributed by atoms with Gasteiger partial charge >= 0.3 is 0 Å². The predicted molar refractivity (Wildman–Crippen MR) is 58.8 cm³/mol. The summed E-state index contributed by atoms with van der Waals surface area (Å²) in [6, 6.07) is 0. The molecule has 0 atom stereocenters. The molecule has 0 saturated heterocycles. The van der Waals surface area contributed by atoms with Gasteiger partial charge in [0.25, 0.3) is 0 Å². The highest BCUT2D eigenvalue weighted by Crippen LogP contribution is 2.30. The van der Waals surface area contributed by atoms with Crippen molar-refractivity contribution in [2.24, 2.45) is 0 Å². The van der Waals surface area contributed by atoms with E-state index in [1.54, 1.807) is 28.1 Å². The van der Waals surface area contributed by atoms with Gasteiger partial charge in [-0.05, 0) is 13.8 Å². The Morgan fingerprint density at radius 1 is 1.27 bits per heavy atom. The molecule has 0 aliphatic heterocycles. The van der Waals surface area contributed by atoms with Gasteiger partial charge in [0.1, 0.15) is 5.01 Å². The van der Waals surface area contributed by atoms with Crippen LogP contribution in [0, 0.1) is 0 Å². The largest absolute Gasteiger partial charge is 0.385 e. The topological polar surface area (TPSA) is 51.6 Å². The molecule has 0 aliphatic rings. The fourth-order valence-electron chi connectivity index (χ4n) is 1.30. The summed E-state index contributed by atoms with van der Waals surface area (Å²) in [5.41, 5.74) is -0.0839. The van der Waals surface area contributed by atoms with Crippen molar-refractivity contribution in [2.45, 2.75) is 32.7 Å². The number of rotatable bonds is 5. The smallest absolute Gasteiger partial charge is 0.119 e. The van der Waals surface area contributed by atoms with E-state index in [9.17, 15) is 5.11 Å². The van der Waals surface area contributed by atoms with Gasteiger partial charge in [0.05, 0.1) is 29.4 Å². The molecule has 5 heteroatoms. The van der Waals surface area contributed by atoms with Crippen LogP contribution in [0.5, 0.6) is 0 Å². The first-order chi connectivity index (χ1) is 6.99. The maximum absolute atomic E-state index is 9.95. The van der Waals surface area contributed by atoms with Crippen LogP contribution in [0.2, 0.25) is 0 Å². The van der Waals surface area contributed by atoms with Crippen molar-refractivity contribution < 1.29 is 14.6 Å². The van der Waals surface area contributed by atoms with Crippen LogP contribution in [-0.4, -0.2) is 24.3 Å². The monoisotopic (exact) mass is 231 g/mol. The average Bonchev–Trinajstić information content (AvgIpc) is 2.49. The molecule has 4 nitrogen and oxygen atoms in total. The molecule has 0 aromatic carbocycles. The van der Waals surface area contributed by atoms with E-state index in [1.165, 1.54) is 11.3 Å². The first-order valence-corrected chi connectivity index (χ1v) is 5.50. The molecule has 0 unspecified atom stereocenters. The highest BCUT2D eigenvalue weighted by molar-refractivity contribution is 7.11. The molecule has 1 heterocycles. The minimum Gasteiger partial charge on any atom is -0.385 e. The lowest BCUT2D eigenvalue weighted by Crippen LogP contribution is -2.16. The summed E-state index contributed by atoms with van der Waals surface area (Å²) in [6.45, 7) is 4.38. The maximum atomic E-state index is 9.95. The van der Waals surface area contributed by atoms with Crippen molar-refractivity contribution in [3.05, 3.63) is 15.6 Å².